The van der Waals surface area contributed by atoms with Crippen molar-refractivity contribution in [3.05, 3.63) is 47.8 Å². The molecule has 0 radical (unpaired) electrons. The van der Waals surface area contributed by atoms with Crippen molar-refractivity contribution >= 4 is 32.5 Å². The van der Waals surface area contributed by atoms with Gasteiger partial charge < -0.3 is 18.8 Å². The van der Waals surface area contributed by atoms with Crippen LogP contribution in [0.15, 0.2) is 47.8 Å². The Morgan fingerprint density at radius 3 is 2.21 bits per heavy atom. The Kier molecular flexibility index (Phi) is 3.58. The van der Waals surface area contributed by atoms with Gasteiger partial charge in [0.2, 0.25) is 5.75 Å². The Balaban J connectivity index is 2.08. The van der Waals surface area contributed by atoms with Gasteiger partial charge in [0.25, 0.3) is 0 Å². The maximum atomic E-state index is 5.51. The van der Waals surface area contributed by atoms with Gasteiger partial charge in [0.1, 0.15) is 0 Å². The third-order valence-electron chi connectivity index (χ3n) is 4.18. The maximum absolute atomic E-state index is 5.51. The second kappa shape index (κ2) is 5.76. The van der Waals surface area contributed by atoms with Gasteiger partial charge in [0, 0.05) is 17.5 Å². The molecule has 24 heavy (non-hydrogen) atoms. The smallest absolute Gasteiger partial charge is 0.203 e. The highest BCUT2D eigenvalue weighted by atomic mass is 32.1. The second-order valence-electron chi connectivity index (χ2n) is 5.37. The van der Waals surface area contributed by atoms with Crippen molar-refractivity contribution in [2.24, 2.45) is 0 Å². The Hall–Kier alpha value is -2.66. The van der Waals surface area contributed by atoms with Crippen molar-refractivity contribution in [3.8, 4) is 22.9 Å². The highest BCUT2D eigenvalue weighted by Crippen LogP contribution is 2.42. The average molecular weight is 339 g/mol. The first-order valence-electron chi connectivity index (χ1n) is 7.55. The number of thiophene rings is 1. The first-order chi connectivity index (χ1) is 11.8. The number of fused-ring (bicyclic) bond motifs is 3. The molecule has 2 heterocycles. The molecule has 0 spiro atoms. The minimum atomic E-state index is 0.599. The monoisotopic (exact) mass is 339 g/mol. The molecule has 2 aromatic carbocycles. The number of para-hydroxylation sites is 1. The molecule has 0 bridgehead atoms. The van der Waals surface area contributed by atoms with E-state index in [0.717, 1.165) is 11.2 Å². The van der Waals surface area contributed by atoms with E-state index in [1.54, 1.807) is 32.7 Å². The lowest BCUT2D eigenvalue weighted by Crippen LogP contribution is -1.99. The zero-order valence-electron chi connectivity index (χ0n) is 13.7. The molecule has 0 atom stereocenters. The molecular weight excluding hydrogens is 322 g/mol. The Morgan fingerprint density at radius 1 is 0.833 bits per heavy atom. The fourth-order valence-corrected chi connectivity index (χ4v) is 4.06. The molecule has 4 rings (SSSR count). The fourth-order valence-electron chi connectivity index (χ4n) is 3.15. The molecule has 0 unspecified atom stereocenters. The second-order valence-corrected chi connectivity index (χ2v) is 6.29. The molecule has 0 aliphatic heterocycles. The zero-order chi connectivity index (χ0) is 16.7. The van der Waals surface area contributed by atoms with Gasteiger partial charge in [0.05, 0.1) is 42.8 Å². The molecule has 0 amide bonds. The van der Waals surface area contributed by atoms with Gasteiger partial charge in [-0.05, 0) is 17.5 Å². The highest BCUT2D eigenvalue weighted by molar-refractivity contribution is 7.18. The summed E-state index contributed by atoms with van der Waals surface area (Å²) in [5.74, 6) is 1.89. The van der Waals surface area contributed by atoms with Crippen LogP contribution in [0.1, 0.15) is 0 Å². The van der Waals surface area contributed by atoms with Crippen LogP contribution in [0.25, 0.3) is 26.8 Å². The van der Waals surface area contributed by atoms with E-state index in [2.05, 4.69) is 40.3 Å². The number of ether oxygens (including phenoxy) is 3. The van der Waals surface area contributed by atoms with Crippen molar-refractivity contribution in [2.45, 2.75) is 0 Å². The van der Waals surface area contributed by atoms with E-state index < -0.39 is 0 Å². The summed E-state index contributed by atoms with van der Waals surface area (Å²) in [6.07, 6.45) is 0. The third kappa shape index (κ3) is 2.05. The summed E-state index contributed by atoms with van der Waals surface area (Å²) in [6.45, 7) is 0. The van der Waals surface area contributed by atoms with E-state index in [4.69, 9.17) is 14.2 Å². The quantitative estimate of drug-likeness (QED) is 0.532. The molecule has 4 aromatic rings. The number of hydrogen-bond donors (Lipinski definition) is 0. The van der Waals surface area contributed by atoms with Crippen LogP contribution in [0, 0.1) is 0 Å². The molecule has 0 aliphatic rings. The van der Waals surface area contributed by atoms with E-state index in [1.165, 1.54) is 15.6 Å². The lowest BCUT2D eigenvalue weighted by Gasteiger charge is -2.15. The summed E-state index contributed by atoms with van der Waals surface area (Å²) >= 11 is 1.75. The molecule has 0 aliphatic carbocycles. The van der Waals surface area contributed by atoms with Crippen molar-refractivity contribution in [3.63, 3.8) is 0 Å². The predicted molar refractivity (Wildman–Crippen MR) is 98.3 cm³/mol. The number of methoxy groups -OCH3 is 3. The van der Waals surface area contributed by atoms with E-state index in [-0.39, 0.29) is 0 Å². The van der Waals surface area contributed by atoms with E-state index >= 15 is 0 Å². The first kappa shape index (κ1) is 14.9. The average Bonchev–Trinajstić information content (AvgIpc) is 3.21. The Morgan fingerprint density at radius 2 is 1.54 bits per heavy atom. The van der Waals surface area contributed by atoms with Gasteiger partial charge in [-0.25, -0.2) is 0 Å². The molecule has 2 aromatic heterocycles. The van der Waals surface area contributed by atoms with Gasteiger partial charge >= 0.3 is 0 Å². The van der Waals surface area contributed by atoms with Crippen LogP contribution in [0.5, 0.6) is 17.2 Å². The van der Waals surface area contributed by atoms with Crippen molar-refractivity contribution in [1.82, 2.24) is 4.57 Å². The standard InChI is InChI=1S/C19H17NO3S/c1-21-16-10-12(11-17(22-2)18(16)23-3)20-14-7-5-4-6-13(14)19-15(20)8-9-24-19/h4-11H,1-3H3. The van der Waals surface area contributed by atoms with Crippen LogP contribution >= 0.6 is 11.3 Å². The molecular formula is C19H17NO3S. The Labute approximate surface area is 143 Å². The number of aromatic nitrogens is 1. The number of hydrogen-bond acceptors (Lipinski definition) is 4. The summed E-state index contributed by atoms with van der Waals surface area (Å²) in [4.78, 5) is 0. The minimum absolute atomic E-state index is 0.599. The summed E-state index contributed by atoms with van der Waals surface area (Å²) in [7, 11) is 4.88. The number of rotatable bonds is 4. The largest absolute Gasteiger partial charge is 0.493 e. The van der Waals surface area contributed by atoms with Crippen molar-refractivity contribution < 1.29 is 14.2 Å². The molecule has 5 heteroatoms. The van der Waals surface area contributed by atoms with Crippen LogP contribution in [0.3, 0.4) is 0 Å². The Bertz CT molecular complexity index is 1010. The summed E-state index contributed by atoms with van der Waals surface area (Å²) in [6, 6.07) is 14.5. The van der Waals surface area contributed by atoms with Gasteiger partial charge in [-0.3, -0.25) is 0 Å². The number of benzene rings is 2. The highest BCUT2D eigenvalue weighted by Gasteiger charge is 2.18. The minimum Gasteiger partial charge on any atom is -0.493 e. The van der Waals surface area contributed by atoms with Gasteiger partial charge in [-0.2, -0.15) is 0 Å². The van der Waals surface area contributed by atoms with Crippen LogP contribution in [-0.2, 0) is 0 Å². The summed E-state index contributed by atoms with van der Waals surface area (Å²) in [5, 5.41) is 3.36. The first-order valence-corrected chi connectivity index (χ1v) is 8.43. The molecule has 4 nitrogen and oxygen atoms in total. The van der Waals surface area contributed by atoms with Crippen LogP contribution in [0.4, 0.5) is 0 Å². The fraction of sp³-hybridized carbons (Fsp3) is 0.158. The van der Waals surface area contributed by atoms with Crippen molar-refractivity contribution in [1.29, 1.82) is 0 Å². The third-order valence-corrected chi connectivity index (χ3v) is 5.12. The molecule has 0 saturated carbocycles. The SMILES string of the molecule is COc1cc(-n2c3ccccc3c3sccc32)cc(OC)c1OC. The topological polar surface area (TPSA) is 32.6 Å². The van der Waals surface area contributed by atoms with Crippen LogP contribution in [-0.4, -0.2) is 25.9 Å². The molecule has 122 valence electrons. The van der Waals surface area contributed by atoms with Crippen molar-refractivity contribution in [2.75, 3.05) is 21.3 Å². The van der Waals surface area contributed by atoms with Crippen LogP contribution in [0.2, 0.25) is 0 Å². The zero-order valence-corrected chi connectivity index (χ0v) is 14.5. The molecule has 0 fully saturated rings. The van der Waals surface area contributed by atoms with Gasteiger partial charge in [-0.1, -0.05) is 18.2 Å². The lowest BCUT2D eigenvalue weighted by molar-refractivity contribution is 0.324. The van der Waals surface area contributed by atoms with Gasteiger partial charge in [-0.15, -0.1) is 11.3 Å². The van der Waals surface area contributed by atoms with E-state index in [0.29, 0.717) is 17.2 Å². The molecule has 0 saturated heterocycles. The summed E-state index contributed by atoms with van der Waals surface area (Å²) < 4.78 is 20.0. The lowest BCUT2D eigenvalue weighted by atomic mass is 10.2. The number of nitrogens with zero attached hydrogens (tertiary/aromatic N) is 1. The normalized spacial score (nSPS) is 11.1. The maximum Gasteiger partial charge on any atom is 0.203 e. The van der Waals surface area contributed by atoms with E-state index in [1.807, 2.05) is 12.1 Å². The summed E-state index contributed by atoms with van der Waals surface area (Å²) in [5.41, 5.74) is 3.32. The molecule has 0 N–H and O–H groups in total. The van der Waals surface area contributed by atoms with Gasteiger partial charge in [0.15, 0.2) is 11.5 Å². The van der Waals surface area contributed by atoms with E-state index in [9.17, 15) is 0 Å². The van der Waals surface area contributed by atoms with Crippen LogP contribution < -0.4 is 14.2 Å². The predicted octanol–water partition coefficient (Wildman–Crippen LogP) is 4.87.